The molecule has 96 valence electrons. The molecule has 0 radical (unpaired) electrons. The van der Waals surface area contributed by atoms with Crippen molar-refractivity contribution in [2.24, 2.45) is 0 Å². The largest absolute Gasteiger partial charge is 0.296 e. The van der Waals surface area contributed by atoms with Gasteiger partial charge < -0.3 is 0 Å². The third-order valence-electron chi connectivity index (χ3n) is 3.08. The summed E-state index contributed by atoms with van der Waals surface area (Å²) < 4.78 is 0. The molecule has 0 unspecified atom stereocenters. The van der Waals surface area contributed by atoms with Crippen LogP contribution in [0.2, 0.25) is 0 Å². The molecule has 0 atom stereocenters. The average Bonchev–Trinajstić information content (AvgIpc) is 2.47. The highest BCUT2D eigenvalue weighted by molar-refractivity contribution is 5.63. The van der Waals surface area contributed by atoms with Crippen molar-refractivity contribution < 1.29 is 0 Å². The number of nitrogens with zero attached hydrogens (tertiary/aromatic N) is 1. The van der Waals surface area contributed by atoms with E-state index < -0.39 is 5.54 Å². The van der Waals surface area contributed by atoms with Crippen molar-refractivity contribution in [3.05, 3.63) is 60.2 Å². The average molecular weight is 250 g/mol. The summed E-state index contributed by atoms with van der Waals surface area (Å²) in [6.07, 6.45) is 0. The van der Waals surface area contributed by atoms with Gasteiger partial charge in [-0.2, -0.15) is 5.26 Å². The Morgan fingerprint density at radius 3 is 2.11 bits per heavy atom. The second-order valence-corrected chi connectivity index (χ2v) is 5.15. The topological polar surface area (TPSA) is 35.8 Å². The lowest BCUT2D eigenvalue weighted by Crippen LogP contribution is -2.36. The van der Waals surface area contributed by atoms with Crippen molar-refractivity contribution in [2.45, 2.75) is 25.9 Å². The maximum absolute atomic E-state index is 8.95. The fraction of sp³-hybridized carbons (Fsp3) is 0.235. The third kappa shape index (κ3) is 3.67. The molecule has 0 aliphatic carbocycles. The van der Waals surface area contributed by atoms with Crippen LogP contribution in [0.3, 0.4) is 0 Å². The fourth-order valence-electron chi connectivity index (χ4n) is 1.81. The Kier molecular flexibility index (Phi) is 3.99. The molecule has 19 heavy (non-hydrogen) atoms. The molecule has 0 saturated carbocycles. The summed E-state index contributed by atoms with van der Waals surface area (Å²) >= 11 is 0. The van der Waals surface area contributed by atoms with Gasteiger partial charge in [0.2, 0.25) is 0 Å². The number of rotatable bonds is 4. The standard InChI is InChI=1S/C17H18N2/c1-17(2,13-18)19-12-14-8-10-16(11-9-14)15-6-4-3-5-7-15/h3-11,19H,12H2,1-2H3. The monoisotopic (exact) mass is 250 g/mol. The molecule has 0 aliphatic heterocycles. The maximum atomic E-state index is 8.95. The molecule has 0 heterocycles. The van der Waals surface area contributed by atoms with E-state index in [-0.39, 0.29) is 0 Å². The Morgan fingerprint density at radius 2 is 1.53 bits per heavy atom. The molecule has 0 spiro atoms. The van der Waals surface area contributed by atoms with E-state index in [0.29, 0.717) is 6.54 Å². The van der Waals surface area contributed by atoms with Gasteiger partial charge in [-0.15, -0.1) is 0 Å². The van der Waals surface area contributed by atoms with E-state index in [1.807, 2.05) is 32.0 Å². The number of nitriles is 1. The zero-order valence-electron chi connectivity index (χ0n) is 11.4. The molecular weight excluding hydrogens is 232 g/mol. The minimum absolute atomic E-state index is 0.488. The normalized spacial score (nSPS) is 11.0. The van der Waals surface area contributed by atoms with Gasteiger partial charge in [-0.25, -0.2) is 0 Å². The summed E-state index contributed by atoms with van der Waals surface area (Å²) in [6.45, 7) is 4.46. The summed E-state index contributed by atoms with van der Waals surface area (Å²) in [5.41, 5.74) is 3.13. The zero-order chi connectivity index (χ0) is 13.7. The Hall–Kier alpha value is -2.11. The smallest absolute Gasteiger partial charge is 0.101 e. The van der Waals surface area contributed by atoms with Gasteiger partial charge in [-0.05, 0) is 30.5 Å². The van der Waals surface area contributed by atoms with E-state index in [1.54, 1.807) is 0 Å². The van der Waals surface area contributed by atoms with Crippen LogP contribution in [0.4, 0.5) is 0 Å². The second kappa shape index (κ2) is 5.69. The summed E-state index contributed by atoms with van der Waals surface area (Å²) in [6, 6.07) is 21.0. The van der Waals surface area contributed by atoms with Crippen LogP contribution < -0.4 is 5.32 Å². The first-order valence-corrected chi connectivity index (χ1v) is 6.41. The lowest BCUT2D eigenvalue weighted by atomic mass is 10.0. The lowest BCUT2D eigenvalue weighted by molar-refractivity contribution is 0.485. The fourth-order valence-corrected chi connectivity index (χ4v) is 1.81. The van der Waals surface area contributed by atoms with Crippen molar-refractivity contribution in [2.75, 3.05) is 0 Å². The van der Waals surface area contributed by atoms with Gasteiger partial charge >= 0.3 is 0 Å². The third-order valence-corrected chi connectivity index (χ3v) is 3.08. The van der Waals surface area contributed by atoms with Gasteiger partial charge in [0.25, 0.3) is 0 Å². The lowest BCUT2D eigenvalue weighted by Gasteiger charge is -2.17. The molecule has 0 aromatic heterocycles. The molecule has 2 aromatic carbocycles. The van der Waals surface area contributed by atoms with Crippen molar-refractivity contribution in [1.29, 1.82) is 5.26 Å². The molecule has 0 saturated heterocycles. The first-order valence-electron chi connectivity index (χ1n) is 6.41. The predicted octanol–water partition coefficient (Wildman–Crippen LogP) is 3.75. The summed E-state index contributed by atoms with van der Waals surface area (Å²) in [4.78, 5) is 0. The van der Waals surface area contributed by atoms with Crippen molar-refractivity contribution >= 4 is 0 Å². The Labute approximate surface area is 114 Å². The van der Waals surface area contributed by atoms with Crippen LogP contribution in [-0.2, 0) is 6.54 Å². The molecular formula is C17H18N2. The maximum Gasteiger partial charge on any atom is 0.101 e. The van der Waals surface area contributed by atoms with Gasteiger partial charge in [0, 0.05) is 6.54 Å². The van der Waals surface area contributed by atoms with Crippen LogP contribution in [0.15, 0.2) is 54.6 Å². The molecule has 2 nitrogen and oxygen atoms in total. The van der Waals surface area contributed by atoms with E-state index in [9.17, 15) is 0 Å². The van der Waals surface area contributed by atoms with Crippen LogP contribution in [0.25, 0.3) is 11.1 Å². The summed E-state index contributed by atoms with van der Waals surface area (Å²) in [7, 11) is 0. The first-order chi connectivity index (χ1) is 9.11. The first kappa shape index (κ1) is 13.3. The molecule has 1 N–H and O–H groups in total. The minimum Gasteiger partial charge on any atom is -0.296 e. The molecule has 0 amide bonds. The Morgan fingerprint density at radius 1 is 0.947 bits per heavy atom. The Bertz CT molecular complexity index is 562. The van der Waals surface area contributed by atoms with E-state index in [0.717, 1.165) is 0 Å². The molecule has 2 rings (SSSR count). The van der Waals surface area contributed by atoms with E-state index in [1.165, 1.54) is 16.7 Å². The van der Waals surface area contributed by atoms with Crippen molar-refractivity contribution in [3.63, 3.8) is 0 Å². The van der Waals surface area contributed by atoms with E-state index in [4.69, 9.17) is 5.26 Å². The summed E-state index contributed by atoms with van der Waals surface area (Å²) in [5, 5.41) is 12.2. The number of benzene rings is 2. The highest BCUT2D eigenvalue weighted by atomic mass is 14.9. The van der Waals surface area contributed by atoms with Gasteiger partial charge in [0.05, 0.1) is 6.07 Å². The van der Waals surface area contributed by atoms with Crippen LogP contribution in [-0.4, -0.2) is 5.54 Å². The highest BCUT2D eigenvalue weighted by Gasteiger charge is 2.14. The molecule has 0 aliphatic rings. The van der Waals surface area contributed by atoms with Crippen LogP contribution >= 0.6 is 0 Å². The zero-order valence-corrected chi connectivity index (χ0v) is 11.4. The van der Waals surface area contributed by atoms with Gasteiger partial charge in [-0.3, -0.25) is 5.32 Å². The quantitative estimate of drug-likeness (QED) is 0.897. The molecule has 0 fully saturated rings. The van der Waals surface area contributed by atoms with Gasteiger partial charge in [0.1, 0.15) is 5.54 Å². The number of hydrogen-bond donors (Lipinski definition) is 1. The van der Waals surface area contributed by atoms with Crippen LogP contribution in [0.5, 0.6) is 0 Å². The summed E-state index contributed by atoms with van der Waals surface area (Å²) in [5.74, 6) is 0. The van der Waals surface area contributed by atoms with Gasteiger partial charge in [-0.1, -0.05) is 54.6 Å². The van der Waals surface area contributed by atoms with Crippen molar-refractivity contribution in [3.8, 4) is 17.2 Å². The predicted molar refractivity (Wildman–Crippen MR) is 78.4 cm³/mol. The Balaban J connectivity index is 2.06. The number of hydrogen-bond acceptors (Lipinski definition) is 2. The highest BCUT2D eigenvalue weighted by Crippen LogP contribution is 2.19. The van der Waals surface area contributed by atoms with Crippen LogP contribution in [0, 0.1) is 11.3 Å². The molecule has 2 aromatic rings. The van der Waals surface area contributed by atoms with E-state index in [2.05, 4.69) is 47.8 Å². The SMILES string of the molecule is CC(C)(C#N)NCc1ccc(-c2ccccc2)cc1. The van der Waals surface area contributed by atoms with Crippen LogP contribution in [0.1, 0.15) is 19.4 Å². The second-order valence-electron chi connectivity index (χ2n) is 5.15. The molecule has 2 heteroatoms. The van der Waals surface area contributed by atoms with Gasteiger partial charge in [0.15, 0.2) is 0 Å². The molecule has 0 bridgehead atoms. The number of nitrogens with one attached hydrogen (secondary N) is 1. The van der Waals surface area contributed by atoms with Crippen molar-refractivity contribution in [1.82, 2.24) is 5.32 Å². The minimum atomic E-state index is -0.488. The van der Waals surface area contributed by atoms with E-state index >= 15 is 0 Å².